The molecule has 1 amide bonds. The number of carbonyl (C=O) groups excluding carboxylic acids is 1. The summed E-state index contributed by atoms with van der Waals surface area (Å²) < 4.78 is 18.6. The average Bonchev–Trinajstić information content (AvgIpc) is 2.59. The predicted molar refractivity (Wildman–Crippen MR) is 90.8 cm³/mol. The number of rotatable bonds is 8. The van der Waals surface area contributed by atoms with Crippen molar-refractivity contribution in [3.05, 3.63) is 65.5 Å². The Morgan fingerprint density at radius 1 is 1.12 bits per heavy atom. The van der Waals surface area contributed by atoms with Crippen LogP contribution in [0.1, 0.15) is 17.5 Å². The number of aryl methyl sites for hydroxylation is 1. The van der Waals surface area contributed by atoms with Gasteiger partial charge in [0.25, 0.3) is 0 Å². The van der Waals surface area contributed by atoms with Gasteiger partial charge in [-0.25, -0.2) is 4.39 Å². The largest absolute Gasteiger partial charge is 0.494 e. The highest BCUT2D eigenvalue weighted by atomic mass is 19.1. The molecule has 0 aliphatic carbocycles. The molecule has 0 unspecified atom stereocenters. The van der Waals surface area contributed by atoms with E-state index in [2.05, 4.69) is 0 Å². The summed E-state index contributed by atoms with van der Waals surface area (Å²) in [7, 11) is 1.38. The van der Waals surface area contributed by atoms with Crippen LogP contribution in [0.2, 0.25) is 0 Å². The van der Waals surface area contributed by atoms with E-state index in [0.29, 0.717) is 12.0 Å². The van der Waals surface area contributed by atoms with Gasteiger partial charge in [0.1, 0.15) is 6.54 Å². The minimum atomic E-state index is -1.07. The molecule has 0 saturated carbocycles. The third-order valence-corrected chi connectivity index (χ3v) is 3.74. The van der Waals surface area contributed by atoms with Crippen LogP contribution in [0.4, 0.5) is 4.39 Å². The lowest BCUT2D eigenvalue weighted by Crippen LogP contribution is -2.35. The molecular weight excluding hydrogens is 325 g/mol. The minimum Gasteiger partial charge on any atom is -0.494 e. The Hall–Kier alpha value is -2.89. The summed E-state index contributed by atoms with van der Waals surface area (Å²) in [5, 5.41) is 9.03. The molecule has 0 aliphatic rings. The summed E-state index contributed by atoms with van der Waals surface area (Å²) in [5.74, 6) is -1.70. The molecule has 132 valence electrons. The lowest BCUT2D eigenvalue weighted by atomic mass is 10.1. The summed E-state index contributed by atoms with van der Waals surface area (Å²) in [6.45, 7) is -0.145. The van der Waals surface area contributed by atoms with E-state index in [1.807, 2.05) is 30.3 Å². The molecule has 0 fully saturated rings. The second-order valence-corrected chi connectivity index (χ2v) is 5.60. The van der Waals surface area contributed by atoms with Crippen LogP contribution in [-0.2, 0) is 22.6 Å². The fourth-order valence-electron chi connectivity index (χ4n) is 2.47. The van der Waals surface area contributed by atoms with E-state index in [1.165, 1.54) is 24.1 Å². The number of carboxylic acid groups (broad SMARTS) is 1. The normalized spacial score (nSPS) is 10.3. The zero-order valence-corrected chi connectivity index (χ0v) is 13.9. The average molecular weight is 345 g/mol. The van der Waals surface area contributed by atoms with Gasteiger partial charge in [-0.05, 0) is 29.7 Å². The van der Waals surface area contributed by atoms with Crippen LogP contribution in [0.5, 0.6) is 5.75 Å². The Bertz CT molecular complexity index is 733. The van der Waals surface area contributed by atoms with Crippen LogP contribution >= 0.6 is 0 Å². The maximum atomic E-state index is 13.7. The lowest BCUT2D eigenvalue weighted by molar-refractivity contribution is -0.144. The SMILES string of the molecule is COc1ccc(CCC(=O)N(CC(=O)O)Cc2ccccc2)cc1F. The maximum absolute atomic E-state index is 13.7. The first kappa shape index (κ1) is 18.4. The second-order valence-electron chi connectivity index (χ2n) is 5.60. The molecule has 2 rings (SSSR count). The van der Waals surface area contributed by atoms with Crippen molar-refractivity contribution in [1.29, 1.82) is 0 Å². The fraction of sp³-hybridized carbons (Fsp3) is 0.263. The van der Waals surface area contributed by atoms with Crippen molar-refractivity contribution < 1.29 is 23.8 Å². The van der Waals surface area contributed by atoms with Crippen LogP contribution in [0, 0.1) is 5.82 Å². The minimum absolute atomic E-state index is 0.103. The van der Waals surface area contributed by atoms with Crippen LogP contribution < -0.4 is 4.74 Å². The first-order chi connectivity index (χ1) is 12.0. The standard InChI is InChI=1S/C19H20FNO4/c1-25-17-9-7-14(11-16(17)20)8-10-18(22)21(13-19(23)24)12-15-5-3-2-4-6-15/h2-7,9,11H,8,10,12-13H2,1H3,(H,23,24). The number of ether oxygens (including phenoxy) is 1. The highest BCUT2D eigenvalue weighted by molar-refractivity contribution is 5.81. The van der Waals surface area contributed by atoms with Gasteiger partial charge in [0.15, 0.2) is 11.6 Å². The van der Waals surface area contributed by atoms with Gasteiger partial charge in [-0.15, -0.1) is 0 Å². The van der Waals surface area contributed by atoms with E-state index in [9.17, 15) is 14.0 Å². The summed E-state index contributed by atoms with van der Waals surface area (Å²) in [5.41, 5.74) is 1.51. The molecule has 5 nitrogen and oxygen atoms in total. The van der Waals surface area contributed by atoms with Crippen molar-refractivity contribution in [2.45, 2.75) is 19.4 Å². The molecule has 6 heteroatoms. The maximum Gasteiger partial charge on any atom is 0.323 e. The molecule has 1 N–H and O–H groups in total. The Labute approximate surface area is 145 Å². The smallest absolute Gasteiger partial charge is 0.323 e. The van der Waals surface area contributed by atoms with E-state index in [-0.39, 0.29) is 31.2 Å². The van der Waals surface area contributed by atoms with Crippen LogP contribution in [0.25, 0.3) is 0 Å². The summed E-state index contributed by atoms with van der Waals surface area (Å²) in [6, 6.07) is 13.7. The second kappa shape index (κ2) is 8.82. The number of methoxy groups -OCH3 is 1. The number of amides is 1. The first-order valence-corrected chi connectivity index (χ1v) is 7.85. The quantitative estimate of drug-likeness (QED) is 0.799. The van der Waals surface area contributed by atoms with Crippen molar-refractivity contribution in [2.24, 2.45) is 0 Å². The molecule has 0 radical (unpaired) electrons. The van der Waals surface area contributed by atoms with Gasteiger partial charge in [-0.2, -0.15) is 0 Å². The van der Waals surface area contributed by atoms with Crippen molar-refractivity contribution in [3.63, 3.8) is 0 Å². The van der Waals surface area contributed by atoms with Crippen molar-refractivity contribution >= 4 is 11.9 Å². The van der Waals surface area contributed by atoms with Gasteiger partial charge in [-0.1, -0.05) is 36.4 Å². The summed E-state index contributed by atoms with van der Waals surface area (Å²) >= 11 is 0. The van der Waals surface area contributed by atoms with Gasteiger partial charge >= 0.3 is 5.97 Å². The third kappa shape index (κ3) is 5.60. The lowest BCUT2D eigenvalue weighted by Gasteiger charge is -2.21. The number of carboxylic acids is 1. The molecule has 2 aromatic carbocycles. The van der Waals surface area contributed by atoms with E-state index in [0.717, 1.165) is 5.56 Å². The number of nitrogens with zero attached hydrogens (tertiary/aromatic N) is 1. The zero-order chi connectivity index (χ0) is 18.2. The van der Waals surface area contributed by atoms with Gasteiger partial charge < -0.3 is 14.7 Å². The molecule has 0 saturated heterocycles. The number of benzene rings is 2. The molecule has 0 atom stereocenters. The molecule has 0 heterocycles. The Morgan fingerprint density at radius 3 is 2.44 bits per heavy atom. The molecule has 0 aromatic heterocycles. The van der Waals surface area contributed by atoms with Gasteiger partial charge in [-0.3, -0.25) is 9.59 Å². The van der Waals surface area contributed by atoms with Crippen molar-refractivity contribution in [3.8, 4) is 5.75 Å². The number of aliphatic carboxylic acids is 1. The van der Waals surface area contributed by atoms with E-state index in [4.69, 9.17) is 9.84 Å². The topological polar surface area (TPSA) is 66.8 Å². The fourth-order valence-corrected chi connectivity index (χ4v) is 2.47. The van der Waals surface area contributed by atoms with E-state index < -0.39 is 11.8 Å². The van der Waals surface area contributed by atoms with Crippen molar-refractivity contribution in [1.82, 2.24) is 4.90 Å². The monoisotopic (exact) mass is 345 g/mol. The first-order valence-electron chi connectivity index (χ1n) is 7.85. The molecule has 0 spiro atoms. The van der Waals surface area contributed by atoms with Gasteiger partial charge in [0, 0.05) is 13.0 Å². The van der Waals surface area contributed by atoms with Gasteiger partial charge in [0.2, 0.25) is 5.91 Å². The van der Waals surface area contributed by atoms with E-state index >= 15 is 0 Å². The number of halogens is 1. The Kier molecular flexibility index (Phi) is 6.51. The molecule has 2 aromatic rings. The highest BCUT2D eigenvalue weighted by Crippen LogP contribution is 2.19. The predicted octanol–water partition coefficient (Wildman–Crippen LogP) is 2.88. The van der Waals surface area contributed by atoms with Crippen molar-refractivity contribution in [2.75, 3.05) is 13.7 Å². The highest BCUT2D eigenvalue weighted by Gasteiger charge is 2.17. The number of hydrogen-bond donors (Lipinski definition) is 1. The zero-order valence-electron chi connectivity index (χ0n) is 13.9. The number of hydrogen-bond acceptors (Lipinski definition) is 3. The Balaban J connectivity index is 2.01. The molecule has 0 aliphatic heterocycles. The number of carbonyl (C=O) groups is 2. The van der Waals surface area contributed by atoms with Crippen LogP contribution in [-0.4, -0.2) is 35.5 Å². The molecule has 25 heavy (non-hydrogen) atoms. The van der Waals surface area contributed by atoms with Crippen LogP contribution in [0.3, 0.4) is 0 Å². The third-order valence-electron chi connectivity index (χ3n) is 3.74. The molecule has 0 bridgehead atoms. The Morgan fingerprint density at radius 2 is 1.84 bits per heavy atom. The van der Waals surface area contributed by atoms with Crippen LogP contribution in [0.15, 0.2) is 48.5 Å². The molecular formula is C19H20FNO4. The van der Waals surface area contributed by atoms with Gasteiger partial charge in [0.05, 0.1) is 7.11 Å². The summed E-state index contributed by atoms with van der Waals surface area (Å²) in [6.07, 6.45) is 0.427. The summed E-state index contributed by atoms with van der Waals surface area (Å²) in [4.78, 5) is 24.7. The van der Waals surface area contributed by atoms with E-state index in [1.54, 1.807) is 6.07 Å².